The second-order valence-electron chi connectivity index (χ2n) is 4.45. The molecule has 0 N–H and O–H groups in total. The fourth-order valence-corrected chi connectivity index (χ4v) is 1.90. The molecule has 0 bridgehead atoms. The quantitative estimate of drug-likeness (QED) is 0.615. The first kappa shape index (κ1) is 18.5. The first-order chi connectivity index (χ1) is 9.05. The van der Waals surface area contributed by atoms with Crippen LogP contribution in [0, 0.1) is 0 Å². The summed E-state index contributed by atoms with van der Waals surface area (Å²) in [6, 6.07) is 4.85. The minimum atomic E-state index is -4.93. The second-order valence-corrected chi connectivity index (χ2v) is 4.45. The average molecular weight is 313 g/mol. The number of halogens is 3. The minimum absolute atomic E-state index is 0. The van der Waals surface area contributed by atoms with E-state index in [1.165, 1.54) is 12.1 Å². The molecule has 1 saturated heterocycles. The van der Waals surface area contributed by atoms with Gasteiger partial charge in [-0.25, -0.2) is 0 Å². The van der Waals surface area contributed by atoms with E-state index in [9.17, 15) is 12.9 Å². The molecule has 0 saturated carbocycles. The van der Waals surface area contributed by atoms with Gasteiger partial charge in [-0.3, -0.25) is 4.90 Å². The number of rotatable bonds is 5. The Labute approximate surface area is 159 Å². The summed E-state index contributed by atoms with van der Waals surface area (Å²) in [6.45, 7) is -0.502. The van der Waals surface area contributed by atoms with Crippen molar-refractivity contribution >= 4 is 12.4 Å². The number of morpholine rings is 1. The van der Waals surface area contributed by atoms with Gasteiger partial charge in [-0.05, 0) is 12.1 Å². The average Bonchev–Trinajstić information content (AvgIpc) is 2.39. The van der Waals surface area contributed by atoms with Crippen molar-refractivity contribution in [1.82, 2.24) is 4.90 Å². The maximum absolute atomic E-state index is 12.4. The molecule has 0 aliphatic carbocycles. The Morgan fingerprint density at radius 1 is 1.10 bits per heavy atom. The molecule has 0 unspecified atom stereocenters. The molecule has 0 amide bonds. The monoisotopic (exact) mass is 313 g/mol. The summed E-state index contributed by atoms with van der Waals surface area (Å²) >= 11 is 0. The summed E-state index contributed by atoms with van der Waals surface area (Å²) < 4.78 is 47.9. The van der Waals surface area contributed by atoms with Crippen LogP contribution in [0.4, 0.5) is 12.9 Å². The van der Waals surface area contributed by atoms with Crippen LogP contribution >= 0.6 is 0 Å². The van der Waals surface area contributed by atoms with Gasteiger partial charge in [-0.1, -0.05) is 12.1 Å². The van der Waals surface area contributed by atoms with E-state index in [2.05, 4.69) is 4.90 Å². The van der Waals surface area contributed by atoms with E-state index in [1.54, 1.807) is 0 Å². The molecule has 1 fully saturated rings. The SMILES string of the molecule is F[B-](F)(F)c1ccc(OCCN2CCOCC2)cc1.[K+]. The minimum Gasteiger partial charge on any atom is -0.492 e. The number of hydrogen-bond donors (Lipinski definition) is 0. The number of ether oxygens (including phenoxy) is 2. The molecular formula is C12H16BF3KNO2. The Balaban J connectivity index is 0.00000200. The van der Waals surface area contributed by atoms with E-state index in [0.717, 1.165) is 45.0 Å². The van der Waals surface area contributed by atoms with Gasteiger partial charge in [-0.15, -0.1) is 5.46 Å². The molecule has 0 radical (unpaired) electrons. The van der Waals surface area contributed by atoms with Crippen molar-refractivity contribution in [1.29, 1.82) is 0 Å². The first-order valence-electron chi connectivity index (χ1n) is 6.28. The van der Waals surface area contributed by atoms with Crippen molar-refractivity contribution < 1.29 is 73.8 Å². The topological polar surface area (TPSA) is 21.7 Å². The molecule has 1 aliphatic rings. The number of hydrogen-bond acceptors (Lipinski definition) is 3. The van der Waals surface area contributed by atoms with Crippen molar-refractivity contribution in [3.63, 3.8) is 0 Å². The van der Waals surface area contributed by atoms with Crippen LogP contribution in [-0.2, 0) is 4.74 Å². The zero-order valence-electron chi connectivity index (χ0n) is 11.5. The summed E-state index contributed by atoms with van der Waals surface area (Å²) in [6.07, 6.45) is 0. The Morgan fingerprint density at radius 2 is 1.70 bits per heavy atom. The molecule has 1 heterocycles. The molecular weight excluding hydrogens is 297 g/mol. The summed E-state index contributed by atoms with van der Waals surface area (Å²) in [5.41, 5.74) is -0.597. The van der Waals surface area contributed by atoms with E-state index in [1.807, 2.05) is 0 Å². The smallest absolute Gasteiger partial charge is 0.492 e. The molecule has 2 rings (SSSR count). The van der Waals surface area contributed by atoms with Crippen LogP contribution < -0.4 is 61.6 Å². The molecule has 1 aromatic rings. The summed E-state index contributed by atoms with van der Waals surface area (Å²) in [5.74, 6) is 0.469. The standard InChI is InChI=1S/C12H16BF3NO2.K/c14-13(15,16)11-1-3-12(4-2-11)19-10-7-17-5-8-18-9-6-17;/h1-4H,5-10H2;/q-1;+1. The third-order valence-electron chi connectivity index (χ3n) is 3.04. The van der Waals surface area contributed by atoms with Gasteiger partial charge in [0.2, 0.25) is 0 Å². The molecule has 20 heavy (non-hydrogen) atoms. The molecule has 1 aliphatic heterocycles. The Hall–Kier alpha value is 0.431. The van der Waals surface area contributed by atoms with Crippen molar-refractivity contribution in [2.45, 2.75) is 0 Å². The maximum Gasteiger partial charge on any atom is 1.00 e. The predicted molar refractivity (Wildman–Crippen MR) is 67.9 cm³/mol. The van der Waals surface area contributed by atoms with Crippen molar-refractivity contribution in [2.24, 2.45) is 0 Å². The number of benzene rings is 1. The predicted octanol–water partition coefficient (Wildman–Crippen LogP) is -1.54. The molecule has 0 atom stereocenters. The molecule has 3 nitrogen and oxygen atoms in total. The maximum atomic E-state index is 12.4. The summed E-state index contributed by atoms with van der Waals surface area (Å²) in [5, 5.41) is 0. The van der Waals surface area contributed by atoms with Crippen LogP contribution in [-0.4, -0.2) is 51.3 Å². The summed E-state index contributed by atoms with van der Waals surface area (Å²) in [7, 11) is 0. The van der Waals surface area contributed by atoms with E-state index in [-0.39, 0.29) is 51.4 Å². The van der Waals surface area contributed by atoms with Gasteiger partial charge in [0, 0.05) is 19.6 Å². The Kier molecular flexibility index (Phi) is 8.11. The molecule has 8 heteroatoms. The van der Waals surface area contributed by atoms with Gasteiger partial charge in [0.25, 0.3) is 0 Å². The van der Waals surface area contributed by atoms with Crippen LogP contribution in [0.25, 0.3) is 0 Å². The van der Waals surface area contributed by atoms with Gasteiger partial charge < -0.3 is 22.4 Å². The van der Waals surface area contributed by atoms with Crippen molar-refractivity contribution in [3.8, 4) is 5.75 Å². The fourth-order valence-electron chi connectivity index (χ4n) is 1.90. The van der Waals surface area contributed by atoms with Crippen molar-refractivity contribution in [2.75, 3.05) is 39.5 Å². The van der Waals surface area contributed by atoms with E-state index >= 15 is 0 Å². The third kappa shape index (κ3) is 6.05. The molecule has 0 aromatic heterocycles. The van der Waals surface area contributed by atoms with Gasteiger partial charge in [0.05, 0.1) is 13.2 Å². The van der Waals surface area contributed by atoms with Crippen LogP contribution in [0.15, 0.2) is 24.3 Å². The number of nitrogens with zero attached hydrogens (tertiary/aromatic N) is 1. The molecule has 106 valence electrons. The van der Waals surface area contributed by atoms with Crippen LogP contribution in [0.5, 0.6) is 5.75 Å². The summed E-state index contributed by atoms with van der Waals surface area (Å²) in [4.78, 5) is 2.21. The molecule has 1 aromatic carbocycles. The van der Waals surface area contributed by atoms with Gasteiger partial charge >= 0.3 is 58.4 Å². The zero-order valence-corrected chi connectivity index (χ0v) is 14.7. The third-order valence-corrected chi connectivity index (χ3v) is 3.04. The van der Waals surface area contributed by atoms with Gasteiger partial charge in [0.15, 0.2) is 0 Å². The van der Waals surface area contributed by atoms with Crippen molar-refractivity contribution in [3.05, 3.63) is 24.3 Å². The van der Waals surface area contributed by atoms with Gasteiger partial charge in [-0.2, -0.15) is 0 Å². The van der Waals surface area contributed by atoms with Crippen LogP contribution in [0.2, 0.25) is 0 Å². The van der Waals surface area contributed by atoms with Gasteiger partial charge in [0.1, 0.15) is 12.4 Å². The van der Waals surface area contributed by atoms with Crippen LogP contribution in [0.3, 0.4) is 0 Å². The van der Waals surface area contributed by atoms with E-state index in [0.29, 0.717) is 12.4 Å². The van der Waals surface area contributed by atoms with Crippen LogP contribution in [0.1, 0.15) is 0 Å². The zero-order chi connectivity index (χ0) is 13.7. The first-order valence-corrected chi connectivity index (χ1v) is 6.28. The normalized spacial score (nSPS) is 16.6. The Bertz CT molecular complexity index is 397. The van der Waals surface area contributed by atoms with E-state index < -0.39 is 12.4 Å². The van der Waals surface area contributed by atoms with E-state index in [4.69, 9.17) is 9.47 Å². The fraction of sp³-hybridized carbons (Fsp3) is 0.500. The largest absolute Gasteiger partial charge is 1.00 e. The second kappa shape index (κ2) is 8.77. The molecule has 0 spiro atoms. The Morgan fingerprint density at radius 3 is 2.25 bits per heavy atom.